The molecule has 184 valence electrons. The van der Waals surface area contributed by atoms with Crippen LogP contribution in [0.25, 0.3) is 15.5 Å². The Morgan fingerprint density at radius 3 is 2.61 bits per heavy atom. The number of hydrogen-bond acceptors (Lipinski definition) is 9. The maximum atomic E-state index is 12.8. The highest BCUT2D eigenvalue weighted by molar-refractivity contribution is 7.80. The van der Waals surface area contributed by atoms with Crippen LogP contribution in [-0.4, -0.2) is 48.8 Å². The van der Waals surface area contributed by atoms with Gasteiger partial charge in [-0.15, -0.1) is 10.2 Å². The van der Waals surface area contributed by atoms with E-state index in [0.717, 1.165) is 58.5 Å². The van der Waals surface area contributed by atoms with Gasteiger partial charge in [0.15, 0.2) is 10.9 Å². The van der Waals surface area contributed by atoms with Crippen molar-refractivity contribution in [2.24, 2.45) is 0 Å². The lowest BCUT2D eigenvalue weighted by atomic mass is 10.1. The molecule has 1 fully saturated rings. The Hall–Kier alpha value is -3.97. The van der Waals surface area contributed by atoms with Crippen LogP contribution >= 0.6 is 23.6 Å². The zero-order chi connectivity index (χ0) is 25.4. The summed E-state index contributed by atoms with van der Waals surface area (Å²) < 4.78 is 1.70. The van der Waals surface area contributed by atoms with E-state index in [-0.39, 0.29) is 16.4 Å². The van der Waals surface area contributed by atoms with E-state index in [0.29, 0.717) is 5.69 Å². The standard InChI is InChI=1S/C23H22N8O3S2/c1-13-11-16(21-28-30-14(2)26-27-23(30)36-21)5-7-17(13)24-22(35)25-20(32)15-6-8-18(19(12-15)31(33)34)29-9-3-4-10-29/h5-8,11-12H,3-4,9-10H2,1-2H3,(H2,24,25,32,35). The molecule has 4 aromatic rings. The number of carbonyl (C=O) groups excluding carboxylic acids is 1. The number of aromatic nitrogens is 4. The molecule has 1 amide bonds. The van der Waals surface area contributed by atoms with Crippen LogP contribution in [-0.2, 0) is 0 Å². The van der Waals surface area contributed by atoms with Crippen LogP contribution in [0.2, 0.25) is 0 Å². The lowest BCUT2D eigenvalue weighted by Crippen LogP contribution is -2.34. The Balaban J connectivity index is 1.28. The van der Waals surface area contributed by atoms with Gasteiger partial charge in [0.2, 0.25) is 4.96 Å². The number of nitro benzene ring substituents is 1. The number of thiocarbonyl (C=S) groups is 1. The number of hydrogen-bond donors (Lipinski definition) is 2. The molecule has 13 heteroatoms. The molecule has 1 aliphatic rings. The summed E-state index contributed by atoms with van der Waals surface area (Å²) in [7, 11) is 0. The van der Waals surface area contributed by atoms with Gasteiger partial charge < -0.3 is 10.2 Å². The highest BCUT2D eigenvalue weighted by atomic mass is 32.1. The molecule has 2 aromatic heterocycles. The van der Waals surface area contributed by atoms with Crippen molar-refractivity contribution >= 4 is 56.6 Å². The monoisotopic (exact) mass is 522 g/mol. The maximum absolute atomic E-state index is 12.8. The Morgan fingerprint density at radius 2 is 1.92 bits per heavy atom. The van der Waals surface area contributed by atoms with Gasteiger partial charge in [0.05, 0.1) is 4.92 Å². The van der Waals surface area contributed by atoms with E-state index >= 15 is 0 Å². The van der Waals surface area contributed by atoms with Gasteiger partial charge in [0, 0.05) is 36.0 Å². The van der Waals surface area contributed by atoms with Crippen molar-refractivity contribution in [3.8, 4) is 10.6 Å². The Labute approximate surface area is 215 Å². The second-order valence-electron chi connectivity index (χ2n) is 8.44. The second kappa shape index (κ2) is 9.59. The van der Waals surface area contributed by atoms with Crippen molar-refractivity contribution < 1.29 is 9.72 Å². The molecule has 5 rings (SSSR count). The molecule has 0 spiro atoms. The number of anilines is 2. The summed E-state index contributed by atoms with van der Waals surface area (Å²) in [6.45, 7) is 5.30. The zero-order valence-electron chi connectivity index (χ0n) is 19.5. The maximum Gasteiger partial charge on any atom is 0.293 e. The molecular formula is C23H22N8O3S2. The largest absolute Gasteiger partial charge is 0.366 e. The van der Waals surface area contributed by atoms with Gasteiger partial charge in [-0.05, 0) is 74.8 Å². The van der Waals surface area contributed by atoms with Crippen LogP contribution in [0, 0.1) is 24.0 Å². The normalized spacial score (nSPS) is 13.2. The summed E-state index contributed by atoms with van der Waals surface area (Å²) in [4.78, 5) is 26.6. The van der Waals surface area contributed by atoms with Crippen molar-refractivity contribution in [1.29, 1.82) is 0 Å². The Kier molecular flexibility index (Phi) is 6.33. The molecule has 36 heavy (non-hydrogen) atoms. The number of nitrogens with one attached hydrogen (secondary N) is 2. The first kappa shape index (κ1) is 23.8. The van der Waals surface area contributed by atoms with Crippen LogP contribution in [0.15, 0.2) is 36.4 Å². The molecule has 1 saturated heterocycles. The van der Waals surface area contributed by atoms with E-state index in [1.807, 2.05) is 36.9 Å². The molecule has 3 heterocycles. The van der Waals surface area contributed by atoms with Crippen LogP contribution in [0.5, 0.6) is 0 Å². The fraction of sp³-hybridized carbons (Fsp3) is 0.261. The smallest absolute Gasteiger partial charge is 0.293 e. The van der Waals surface area contributed by atoms with E-state index in [9.17, 15) is 14.9 Å². The average molecular weight is 523 g/mol. The lowest BCUT2D eigenvalue weighted by molar-refractivity contribution is -0.384. The van der Waals surface area contributed by atoms with Gasteiger partial charge in [0.1, 0.15) is 10.7 Å². The topological polar surface area (TPSA) is 131 Å². The summed E-state index contributed by atoms with van der Waals surface area (Å²) in [5.74, 6) is 0.201. The predicted molar refractivity (Wildman–Crippen MR) is 142 cm³/mol. The predicted octanol–water partition coefficient (Wildman–Crippen LogP) is 4.10. The SMILES string of the molecule is Cc1cc(-c2nn3c(C)nnc3s2)ccc1NC(=S)NC(=O)c1ccc(N2CCCC2)c([N+](=O)[O-])c1. The number of benzene rings is 2. The van der Waals surface area contributed by atoms with Crippen molar-refractivity contribution in [3.63, 3.8) is 0 Å². The van der Waals surface area contributed by atoms with Crippen LogP contribution in [0.3, 0.4) is 0 Å². The minimum absolute atomic E-state index is 0.0875. The first-order valence-corrected chi connectivity index (χ1v) is 12.5. The quantitative estimate of drug-likeness (QED) is 0.226. The molecular weight excluding hydrogens is 500 g/mol. The van der Waals surface area contributed by atoms with E-state index in [2.05, 4.69) is 25.9 Å². The first-order chi connectivity index (χ1) is 17.3. The molecule has 0 saturated carbocycles. The summed E-state index contributed by atoms with van der Waals surface area (Å²) in [6.07, 6.45) is 1.99. The molecule has 2 aromatic carbocycles. The summed E-state index contributed by atoms with van der Waals surface area (Å²) in [6, 6.07) is 10.2. The van der Waals surface area contributed by atoms with Gasteiger partial charge in [-0.25, -0.2) is 0 Å². The lowest BCUT2D eigenvalue weighted by Gasteiger charge is -2.18. The highest BCUT2D eigenvalue weighted by Crippen LogP contribution is 2.32. The molecule has 0 radical (unpaired) electrons. The van der Waals surface area contributed by atoms with Crippen LogP contribution in [0.4, 0.5) is 17.1 Å². The van der Waals surface area contributed by atoms with Gasteiger partial charge in [-0.2, -0.15) is 9.61 Å². The van der Waals surface area contributed by atoms with Crippen molar-refractivity contribution in [2.75, 3.05) is 23.3 Å². The molecule has 0 aliphatic carbocycles. The Bertz CT molecular complexity index is 1510. The first-order valence-electron chi connectivity index (χ1n) is 11.3. The number of nitro groups is 1. The van der Waals surface area contributed by atoms with Gasteiger partial charge in [-0.1, -0.05) is 11.3 Å². The molecule has 2 N–H and O–H groups in total. The minimum atomic E-state index is -0.520. The van der Waals surface area contributed by atoms with Gasteiger partial charge >= 0.3 is 0 Å². The van der Waals surface area contributed by atoms with E-state index in [1.54, 1.807) is 16.6 Å². The number of rotatable bonds is 5. The third kappa shape index (κ3) is 4.62. The Morgan fingerprint density at radius 1 is 1.14 bits per heavy atom. The average Bonchev–Trinajstić information content (AvgIpc) is 3.59. The van der Waals surface area contributed by atoms with Crippen LogP contribution < -0.4 is 15.5 Å². The minimum Gasteiger partial charge on any atom is -0.366 e. The zero-order valence-corrected chi connectivity index (χ0v) is 21.2. The number of fused-ring (bicyclic) bond motifs is 1. The van der Waals surface area contributed by atoms with Crippen molar-refractivity contribution in [1.82, 2.24) is 25.1 Å². The number of nitrogens with zero attached hydrogens (tertiary/aromatic N) is 6. The number of aryl methyl sites for hydroxylation is 2. The molecule has 0 bridgehead atoms. The van der Waals surface area contributed by atoms with E-state index in [1.165, 1.54) is 17.4 Å². The van der Waals surface area contributed by atoms with E-state index < -0.39 is 10.8 Å². The molecule has 11 nitrogen and oxygen atoms in total. The van der Waals surface area contributed by atoms with E-state index in [4.69, 9.17) is 12.2 Å². The van der Waals surface area contributed by atoms with Crippen molar-refractivity contribution in [3.05, 3.63) is 63.5 Å². The summed E-state index contributed by atoms with van der Waals surface area (Å²) in [5, 5.41) is 30.8. The third-order valence-electron chi connectivity index (χ3n) is 5.98. The molecule has 0 atom stereocenters. The third-order valence-corrected chi connectivity index (χ3v) is 7.13. The molecule has 1 aliphatic heterocycles. The second-order valence-corrected chi connectivity index (χ2v) is 9.81. The summed E-state index contributed by atoms with van der Waals surface area (Å²) >= 11 is 6.77. The van der Waals surface area contributed by atoms with Crippen molar-refractivity contribution in [2.45, 2.75) is 26.7 Å². The summed E-state index contributed by atoms with van der Waals surface area (Å²) in [5.41, 5.74) is 3.16. The fourth-order valence-electron chi connectivity index (χ4n) is 4.13. The van der Waals surface area contributed by atoms with Crippen LogP contribution in [0.1, 0.15) is 34.6 Å². The number of amides is 1. The van der Waals surface area contributed by atoms with Gasteiger partial charge in [0.25, 0.3) is 11.6 Å². The highest BCUT2D eigenvalue weighted by Gasteiger charge is 2.24. The van der Waals surface area contributed by atoms with Gasteiger partial charge in [-0.3, -0.25) is 20.2 Å². The fourth-order valence-corrected chi connectivity index (χ4v) is 5.22. The number of carbonyl (C=O) groups is 1. The molecule has 0 unspecified atom stereocenters.